The lowest BCUT2D eigenvalue weighted by Crippen LogP contribution is -2.30. The molecule has 1 aromatic rings. The Hall–Kier alpha value is -1.22. The van der Waals surface area contributed by atoms with Gasteiger partial charge in [-0.25, -0.2) is 0 Å². The van der Waals surface area contributed by atoms with Gasteiger partial charge in [0, 0.05) is 12.5 Å². The lowest BCUT2D eigenvalue weighted by atomic mass is 9.94. The molecule has 3 nitrogen and oxygen atoms in total. The van der Waals surface area contributed by atoms with E-state index in [0.29, 0.717) is 6.54 Å². The molecule has 0 amide bonds. The summed E-state index contributed by atoms with van der Waals surface area (Å²) in [6.45, 7) is 2.79. The summed E-state index contributed by atoms with van der Waals surface area (Å²) in [5.41, 5.74) is 6.53. The van der Waals surface area contributed by atoms with Gasteiger partial charge in [-0.15, -0.1) is 0 Å². The van der Waals surface area contributed by atoms with Gasteiger partial charge in [-0.2, -0.15) is 0 Å². The minimum absolute atomic E-state index is 0.143. The summed E-state index contributed by atoms with van der Waals surface area (Å²) >= 11 is 0. The van der Waals surface area contributed by atoms with Crippen LogP contribution in [-0.2, 0) is 6.42 Å². The Morgan fingerprint density at radius 1 is 1.53 bits per heavy atom. The van der Waals surface area contributed by atoms with Crippen LogP contribution in [0.5, 0.6) is 11.5 Å². The minimum Gasteiger partial charge on any atom is -0.508 e. The van der Waals surface area contributed by atoms with Crippen molar-refractivity contribution in [2.45, 2.75) is 31.8 Å². The molecule has 0 spiro atoms. The smallest absolute Gasteiger partial charge is 0.127 e. The lowest BCUT2D eigenvalue weighted by Gasteiger charge is -2.23. The maximum atomic E-state index is 9.34. The van der Waals surface area contributed by atoms with E-state index in [0.717, 1.165) is 25.0 Å². The zero-order chi connectivity index (χ0) is 10.9. The predicted octanol–water partition coefficient (Wildman–Crippen LogP) is 1.82. The first kappa shape index (κ1) is 10.3. The van der Waals surface area contributed by atoms with Crippen LogP contribution in [0, 0.1) is 0 Å². The van der Waals surface area contributed by atoms with Crippen LogP contribution in [0.4, 0.5) is 0 Å². The number of rotatable bonds is 3. The maximum Gasteiger partial charge on any atom is 0.127 e. The van der Waals surface area contributed by atoms with E-state index in [-0.39, 0.29) is 11.4 Å². The Balaban J connectivity index is 2.14. The average molecular weight is 207 g/mol. The second kappa shape index (κ2) is 3.74. The van der Waals surface area contributed by atoms with Crippen LogP contribution in [0.1, 0.15) is 25.3 Å². The molecule has 82 valence electrons. The van der Waals surface area contributed by atoms with Crippen molar-refractivity contribution < 1.29 is 9.84 Å². The zero-order valence-electron chi connectivity index (χ0n) is 8.99. The van der Waals surface area contributed by atoms with E-state index in [1.54, 1.807) is 12.1 Å². The molecule has 1 aliphatic heterocycles. The molecule has 0 aromatic heterocycles. The Labute approximate surface area is 89.9 Å². The van der Waals surface area contributed by atoms with Crippen LogP contribution in [0.15, 0.2) is 18.2 Å². The van der Waals surface area contributed by atoms with Crippen molar-refractivity contribution in [2.24, 2.45) is 5.73 Å². The van der Waals surface area contributed by atoms with Gasteiger partial charge < -0.3 is 15.6 Å². The average Bonchev–Trinajstić information content (AvgIpc) is 2.51. The molecule has 0 saturated heterocycles. The highest BCUT2D eigenvalue weighted by atomic mass is 16.5. The van der Waals surface area contributed by atoms with Crippen LogP contribution in [-0.4, -0.2) is 17.3 Å². The van der Waals surface area contributed by atoms with Gasteiger partial charge in [-0.05, 0) is 37.9 Å². The Morgan fingerprint density at radius 3 is 3.07 bits per heavy atom. The summed E-state index contributed by atoms with van der Waals surface area (Å²) < 4.78 is 5.86. The molecular weight excluding hydrogens is 190 g/mol. The molecule has 2 rings (SSSR count). The van der Waals surface area contributed by atoms with Crippen LogP contribution in [0.25, 0.3) is 0 Å². The number of benzene rings is 1. The molecule has 1 atom stereocenters. The number of hydrogen-bond acceptors (Lipinski definition) is 3. The topological polar surface area (TPSA) is 55.5 Å². The van der Waals surface area contributed by atoms with Crippen molar-refractivity contribution in [3.63, 3.8) is 0 Å². The normalized spacial score (nSPS) is 23.6. The fourth-order valence-electron chi connectivity index (χ4n) is 2.10. The number of aromatic hydroxyl groups is 1. The molecule has 0 aliphatic carbocycles. The van der Waals surface area contributed by atoms with Crippen LogP contribution in [0.2, 0.25) is 0 Å². The number of ether oxygens (including phenoxy) is 1. The van der Waals surface area contributed by atoms with Crippen molar-refractivity contribution in [1.29, 1.82) is 0 Å². The lowest BCUT2D eigenvalue weighted by molar-refractivity contribution is 0.104. The summed E-state index contributed by atoms with van der Waals surface area (Å²) in [6, 6.07) is 5.32. The van der Waals surface area contributed by atoms with E-state index in [9.17, 15) is 5.11 Å². The van der Waals surface area contributed by atoms with Gasteiger partial charge >= 0.3 is 0 Å². The number of hydrogen-bond donors (Lipinski definition) is 2. The second-order valence-electron chi connectivity index (χ2n) is 4.41. The van der Waals surface area contributed by atoms with Gasteiger partial charge in [0.25, 0.3) is 0 Å². The Bertz CT molecular complexity index is 365. The molecular formula is C12H17NO2. The van der Waals surface area contributed by atoms with Crippen LogP contribution >= 0.6 is 0 Å². The summed E-state index contributed by atoms with van der Waals surface area (Å²) in [5, 5.41) is 9.34. The van der Waals surface area contributed by atoms with Gasteiger partial charge in [0.05, 0.1) is 0 Å². The van der Waals surface area contributed by atoms with Gasteiger partial charge in [-0.3, -0.25) is 0 Å². The number of phenols is 1. The van der Waals surface area contributed by atoms with Gasteiger partial charge in [0.15, 0.2) is 0 Å². The maximum absolute atomic E-state index is 9.34. The van der Waals surface area contributed by atoms with Crippen molar-refractivity contribution in [3.8, 4) is 11.5 Å². The molecule has 0 bridgehead atoms. The molecule has 3 heteroatoms. The van der Waals surface area contributed by atoms with Crippen LogP contribution < -0.4 is 10.5 Å². The van der Waals surface area contributed by atoms with Gasteiger partial charge in [0.2, 0.25) is 0 Å². The first-order valence-electron chi connectivity index (χ1n) is 5.34. The first-order chi connectivity index (χ1) is 7.13. The molecule has 1 aliphatic rings. The molecule has 15 heavy (non-hydrogen) atoms. The van der Waals surface area contributed by atoms with E-state index < -0.39 is 0 Å². The van der Waals surface area contributed by atoms with Crippen molar-refractivity contribution in [3.05, 3.63) is 23.8 Å². The molecule has 1 aromatic carbocycles. The largest absolute Gasteiger partial charge is 0.508 e. The quantitative estimate of drug-likeness (QED) is 0.795. The fraction of sp³-hybridized carbons (Fsp3) is 0.500. The van der Waals surface area contributed by atoms with Crippen LogP contribution in [0.3, 0.4) is 0 Å². The van der Waals surface area contributed by atoms with Gasteiger partial charge in [-0.1, -0.05) is 6.07 Å². The number of fused-ring (bicyclic) bond motifs is 1. The Morgan fingerprint density at radius 2 is 2.33 bits per heavy atom. The first-order valence-corrected chi connectivity index (χ1v) is 5.34. The van der Waals surface area contributed by atoms with Crippen molar-refractivity contribution in [1.82, 2.24) is 0 Å². The molecule has 1 heterocycles. The third kappa shape index (κ3) is 2.07. The number of phenolic OH excluding ortho intramolecular Hbond substituents is 1. The second-order valence-corrected chi connectivity index (χ2v) is 4.41. The molecule has 0 saturated carbocycles. The standard InChI is InChI=1S/C12H17NO2/c1-12(5-2-6-13)8-9-3-4-10(14)7-11(9)15-12/h3-4,7,14H,2,5-6,8,13H2,1H3. The van der Waals surface area contributed by atoms with E-state index >= 15 is 0 Å². The highest BCUT2D eigenvalue weighted by Crippen LogP contribution is 2.39. The van der Waals surface area contributed by atoms with Gasteiger partial charge in [0.1, 0.15) is 17.1 Å². The fourth-order valence-corrected chi connectivity index (χ4v) is 2.10. The highest BCUT2D eigenvalue weighted by molar-refractivity contribution is 5.44. The monoisotopic (exact) mass is 207 g/mol. The van der Waals surface area contributed by atoms with E-state index in [1.807, 2.05) is 6.07 Å². The van der Waals surface area contributed by atoms with Crippen molar-refractivity contribution in [2.75, 3.05) is 6.54 Å². The number of nitrogens with two attached hydrogens (primary N) is 1. The molecule has 0 fully saturated rings. The summed E-state index contributed by atoms with van der Waals surface area (Å²) in [5.74, 6) is 1.08. The summed E-state index contributed by atoms with van der Waals surface area (Å²) in [4.78, 5) is 0. The van der Waals surface area contributed by atoms with E-state index in [2.05, 4.69) is 6.92 Å². The minimum atomic E-state index is -0.143. The highest BCUT2D eigenvalue weighted by Gasteiger charge is 2.34. The predicted molar refractivity (Wildman–Crippen MR) is 59.1 cm³/mol. The third-order valence-corrected chi connectivity index (χ3v) is 2.88. The molecule has 1 unspecified atom stereocenters. The summed E-state index contributed by atoms with van der Waals surface area (Å²) in [7, 11) is 0. The molecule has 3 N–H and O–H groups in total. The molecule has 0 radical (unpaired) electrons. The zero-order valence-corrected chi connectivity index (χ0v) is 8.99. The Kier molecular flexibility index (Phi) is 2.57. The van der Waals surface area contributed by atoms with E-state index in [1.165, 1.54) is 5.56 Å². The SMILES string of the molecule is CC1(CCCN)Cc2ccc(O)cc2O1. The third-order valence-electron chi connectivity index (χ3n) is 2.88. The van der Waals surface area contributed by atoms with E-state index in [4.69, 9.17) is 10.5 Å². The summed E-state index contributed by atoms with van der Waals surface area (Å²) in [6.07, 6.45) is 2.83. The van der Waals surface area contributed by atoms with Crippen molar-refractivity contribution >= 4 is 0 Å².